The molecule has 10 aromatic carbocycles. The Morgan fingerprint density at radius 3 is 1.20 bits per heavy atom. The molecule has 3 aromatic heterocycles. The van der Waals surface area contributed by atoms with Gasteiger partial charge in [-0.1, -0.05) is 127 Å². The second-order valence-electron chi connectivity index (χ2n) is 16.5. The standard InChI is InChI=1S/C60H37NO3/c1-2-11-45(12-3-1)61(47-29-23-39(24-30-47)48-16-10-17-52-49-13-4-9-20-57(49)64-60(48)52)46-27-21-38(22-28-46)42-33-43(40-25-31-58-53(36-40)50-14-5-7-18-55(50)62-58)35-44(34-42)41-26-32-59-54(37-41)51-15-6-8-19-56(51)63-59/h1-37H. The molecule has 13 aromatic rings. The number of hydrogen-bond donors (Lipinski definition) is 0. The molecule has 4 nitrogen and oxygen atoms in total. The smallest absolute Gasteiger partial charge is 0.143 e. The molecule has 0 saturated carbocycles. The average molecular weight is 820 g/mol. The summed E-state index contributed by atoms with van der Waals surface area (Å²) in [5.74, 6) is 0. The lowest BCUT2D eigenvalue weighted by molar-refractivity contribution is 0.668. The van der Waals surface area contributed by atoms with Crippen LogP contribution in [0.25, 0.3) is 110 Å². The fourth-order valence-electron chi connectivity index (χ4n) is 9.53. The van der Waals surface area contributed by atoms with Crippen LogP contribution in [0.15, 0.2) is 238 Å². The molecule has 3 heterocycles. The van der Waals surface area contributed by atoms with E-state index in [1.807, 2.05) is 36.4 Å². The summed E-state index contributed by atoms with van der Waals surface area (Å²) in [6.45, 7) is 0. The summed E-state index contributed by atoms with van der Waals surface area (Å²) in [5, 5.41) is 6.70. The molecule has 0 bridgehead atoms. The van der Waals surface area contributed by atoms with Gasteiger partial charge in [-0.25, -0.2) is 0 Å². The van der Waals surface area contributed by atoms with E-state index in [4.69, 9.17) is 13.3 Å². The quantitative estimate of drug-likeness (QED) is 0.161. The van der Waals surface area contributed by atoms with Crippen LogP contribution in [0, 0.1) is 0 Å². The van der Waals surface area contributed by atoms with Gasteiger partial charge in [-0.3, -0.25) is 0 Å². The number of benzene rings is 10. The van der Waals surface area contributed by atoms with Gasteiger partial charge in [-0.05, 0) is 136 Å². The zero-order valence-corrected chi connectivity index (χ0v) is 34.5. The molecule has 0 radical (unpaired) electrons. The number of anilines is 3. The van der Waals surface area contributed by atoms with Gasteiger partial charge in [-0.15, -0.1) is 0 Å². The second kappa shape index (κ2) is 14.5. The number of furan rings is 3. The van der Waals surface area contributed by atoms with E-state index in [1.165, 1.54) is 0 Å². The fourth-order valence-corrected chi connectivity index (χ4v) is 9.53. The Morgan fingerprint density at radius 1 is 0.234 bits per heavy atom. The predicted molar refractivity (Wildman–Crippen MR) is 265 cm³/mol. The lowest BCUT2D eigenvalue weighted by Crippen LogP contribution is -2.09. The highest BCUT2D eigenvalue weighted by Gasteiger charge is 2.17. The van der Waals surface area contributed by atoms with Gasteiger partial charge < -0.3 is 18.2 Å². The Hall–Kier alpha value is -8.60. The van der Waals surface area contributed by atoms with Crippen LogP contribution in [0.1, 0.15) is 0 Å². The maximum atomic E-state index is 6.41. The van der Waals surface area contributed by atoms with E-state index in [2.05, 4.69) is 193 Å². The molecule has 64 heavy (non-hydrogen) atoms. The highest BCUT2D eigenvalue weighted by molar-refractivity contribution is 6.10. The van der Waals surface area contributed by atoms with E-state index in [1.54, 1.807) is 0 Å². The Bertz CT molecular complexity index is 3760. The second-order valence-corrected chi connectivity index (χ2v) is 16.5. The van der Waals surface area contributed by atoms with Crippen molar-refractivity contribution in [2.75, 3.05) is 4.90 Å². The molecule has 13 rings (SSSR count). The third kappa shape index (κ3) is 5.99. The summed E-state index contributed by atoms with van der Waals surface area (Å²) >= 11 is 0. The normalized spacial score (nSPS) is 11.8. The summed E-state index contributed by atoms with van der Waals surface area (Å²) < 4.78 is 18.9. The Morgan fingerprint density at radius 2 is 0.641 bits per heavy atom. The first-order chi connectivity index (χ1) is 31.7. The van der Waals surface area contributed by atoms with Gasteiger partial charge in [0.15, 0.2) is 0 Å². The molecular formula is C60H37NO3. The van der Waals surface area contributed by atoms with Crippen LogP contribution >= 0.6 is 0 Å². The van der Waals surface area contributed by atoms with Crippen molar-refractivity contribution in [3.05, 3.63) is 224 Å². The lowest BCUT2D eigenvalue weighted by atomic mass is 9.92. The average Bonchev–Trinajstić information content (AvgIpc) is 4.06. The van der Waals surface area contributed by atoms with Crippen molar-refractivity contribution >= 4 is 82.9 Å². The van der Waals surface area contributed by atoms with Crippen LogP contribution in [0.5, 0.6) is 0 Å². The zero-order valence-electron chi connectivity index (χ0n) is 34.5. The summed E-state index contributed by atoms with van der Waals surface area (Å²) in [6.07, 6.45) is 0. The molecule has 0 aliphatic carbocycles. The number of rotatable bonds is 7. The van der Waals surface area contributed by atoms with Gasteiger partial charge in [0, 0.05) is 54.9 Å². The van der Waals surface area contributed by atoms with Crippen LogP contribution in [-0.4, -0.2) is 0 Å². The molecule has 0 saturated heterocycles. The van der Waals surface area contributed by atoms with Crippen molar-refractivity contribution in [2.45, 2.75) is 0 Å². The topological polar surface area (TPSA) is 42.7 Å². The zero-order chi connectivity index (χ0) is 42.1. The number of nitrogens with zero attached hydrogens (tertiary/aromatic N) is 1. The Labute approximate surface area is 368 Å². The van der Waals surface area contributed by atoms with Gasteiger partial charge in [0.1, 0.15) is 33.5 Å². The van der Waals surface area contributed by atoms with E-state index in [0.717, 1.165) is 127 Å². The Kier molecular flexibility index (Phi) is 8.18. The van der Waals surface area contributed by atoms with Crippen LogP contribution in [0.4, 0.5) is 17.1 Å². The van der Waals surface area contributed by atoms with Gasteiger partial charge in [-0.2, -0.15) is 0 Å². The molecule has 0 unspecified atom stereocenters. The van der Waals surface area contributed by atoms with E-state index in [0.29, 0.717) is 0 Å². The molecular weight excluding hydrogens is 783 g/mol. The maximum absolute atomic E-state index is 6.41. The fraction of sp³-hybridized carbons (Fsp3) is 0. The van der Waals surface area contributed by atoms with Crippen molar-refractivity contribution in [1.29, 1.82) is 0 Å². The highest BCUT2D eigenvalue weighted by Crippen LogP contribution is 2.42. The summed E-state index contributed by atoms with van der Waals surface area (Å²) in [6, 6.07) is 79.4. The van der Waals surface area contributed by atoms with Crippen LogP contribution < -0.4 is 4.90 Å². The number of hydrogen-bond acceptors (Lipinski definition) is 4. The monoisotopic (exact) mass is 819 g/mol. The molecule has 0 amide bonds. The van der Waals surface area contributed by atoms with E-state index >= 15 is 0 Å². The van der Waals surface area contributed by atoms with Gasteiger partial charge >= 0.3 is 0 Å². The van der Waals surface area contributed by atoms with Crippen molar-refractivity contribution < 1.29 is 13.3 Å². The number of fused-ring (bicyclic) bond motifs is 9. The molecule has 0 aliphatic heterocycles. The van der Waals surface area contributed by atoms with Gasteiger partial charge in [0.25, 0.3) is 0 Å². The van der Waals surface area contributed by atoms with Crippen molar-refractivity contribution in [1.82, 2.24) is 0 Å². The minimum atomic E-state index is 0.885. The summed E-state index contributed by atoms with van der Waals surface area (Å²) in [5.41, 5.74) is 17.5. The highest BCUT2D eigenvalue weighted by atomic mass is 16.3. The first kappa shape index (κ1) is 36.1. The molecule has 300 valence electrons. The first-order valence-electron chi connectivity index (χ1n) is 21.6. The molecule has 0 fully saturated rings. The van der Waals surface area contributed by atoms with Gasteiger partial charge in [0.05, 0.1) is 0 Å². The van der Waals surface area contributed by atoms with Crippen molar-refractivity contribution in [3.8, 4) is 44.5 Å². The van der Waals surface area contributed by atoms with E-state index in [9.17, 15) is 0 Å². The van der Waals surface area contributed by atoms with Gasteiger partial charge in [0.2, 0.25) is 0 Å². The third-order valence-corrected chi connectivity index (χ3v) is 12.7. The molecule has 0 spiro atoms. The third-order valence-electron chi connectivity index (χ3n) is 12.7. The van der Waals surface area contributed by atoms with Crippen molar-refractivity contribution in [3.63, 3.8) is 0 Å². The minimum absolute atomic E-state index is 0.885. The molecule has 0 atom stereocenters. The van der Waals surface area contributed by atoms with E-state index < -0.39 is 0 Å². The lowest BCUT2D eigenvalue weighted by Gasteiger charge is -2.26. The largest absolute Gasteiger partial charge is 0.456 e. The predicted octanol–water partition coefficient (Wildman–Crippen LogP) is 17.5. The summed E-state index contributed by atoms with van der Waals surface area (Å²) in [4.78, 5) is 2.31. The van der Waals surface area contributed by atoms with E-state index in [-0.39, 0.29) is 0 Å². The molecule has 0 N–H and O–H groups in total. The maximum Gasteiger partial charge on any atom is 0.143 e. The van der Waals surface area contributed by atoms with Crippen LogP contribution in [0.3, 0.4) is 0 Å². The van der Waals surface area contributed by atoms with Crippen LogP contribution in [0.2, 0.25) is 0 Å². The van der Waals surface area contributed by atoms with Crippen LogP contribution in [-0.2, 0) is 0 Å². The Balaban J connectivity index is 0.908. The molecule has 4 heteroatoms. The van der Waals surface area contributed by atoms with Crippen molar-refractivity contribution in [2.24, 2.45) is 0 Å². The molecule has 0 aliphatic rings. The summed E-state index contributed by atoms with van der Waals surface area (Å²) in [7, 11) is 0. The SMILES string of the molecule is c1ccc(N(c2ccc(-c3cc(-c4ccc5oc6ccccc6c5c4)cc(-c4ccc5oc6ccccc6c5c4)c3)cc2)c2ccc(-c3cccc4c3oc3ccccc34)cc2)cc1. The minimum Gasteiger partial charge on any atom is -0.456 e. The first-order valence-corrected chi connectivity index (χ1v) is 21.6. The number of para-hydroxylation sites is 5.